The fourth-order valence-electron chi connectivity index (χ4n) is 2.65. The van der Waals surface area contributed by atoms with E-state index in [0.717, 1.165) is 16.7 Å². The van der Waals surface area contributed by atoms with Crippen LogP contribution in [-0.4, -0.2) is 54.7 Å². The van der Waals surface area contributed by atoms with Gasteiger partial charge >= 0.3 is 0 Å². The van der Waals surface area contributed by atoms with Crippen LogP contribution in [0.4, 0.5) is 0 Å². The van der Waals surface area contributed by atoms with E-state index in [1.165, 1.54) is 12.2 Å². The molecule has 0 aliphatic rings. The number of hydrogen-bond donors (Lipinski definition) is 1. The van der Waals surface area contributed by atoms with Crippen molar-refractivity contribution in [1.29, 1.82) is 0 Å². The second kappa shape index (κ2) is 10.3. The van der Waals surface area contributed by atoms with Crippen molar-refractivity contribution in [2.24, 2.45) is 0 Å². The number of allylic oxidation sites excluding steroid dienone is 6. The molecule has 150 valence electrons. The van der Waals surface area contributed by atoms with Crippen LogP contribution in [0.25, 0.3) is 0 Å². The maximum absolute atomic E-state index is 12.5. The molecule has 0 aliphatic heterocycles. The van der Waals surface area contributed by atoms with Gasteiger partial charge < -0.3 is 14.9 Å². The maximum Gasteiger partial charge on any atom is 0.189 e. The molecule has 0 unspecified atom stereocenters. The van der Waals surface area contributed by atoms with Crippen LogP contribution < -0.4 is 0 Å². The highest BCUT2D eigenvalue weighted by Crippen LogP contribution is 2.26. The molecule has 0 fully saturated rings. The van der Waals surface area contributed by atoms with E-state index in [9.17, 15) is 14.7 Å². The number of phenolic OH excluding ortho intramolecular Hbond substituents is 1. The summed E-state index contributed by atoms with van der Waals surface area (Å²) in [5.41, 5.74) is 2.76. The molecule has 1 aromatic carbocycles. The fraction of sp³-hybridized carbons (Fsp3) is 0.304. The maximum atomic E-state index is 12.5. The molecule has 0 amide bonds. The van der Waals surface area contributed by atoms with Gasteiger partial charge in [-0.1, -0.05) is 12.2 Å². The SMILES string of the molecule is CC(C=CC(=O)c1cc(C)cc(C(=O)C=CC(C)=CN(C)C)c1O)=CN(C)C. The Morgan fingerprint density at radius 1 is 0.786 bits per heavy atom. The molecule has 0 saturated heterocycles. The van der Waals surface area contributed by atoms with Crippen LogP contribution >= 0.6 is 0 Å². The molecule has 1 aromatic rings. The first-order valence-corrected chi connectivity index (χ1v) is 8.99. The molecule has 5 heteroatoms. The minimum absolute atomic E-state index is 0.117. The van der Waals surface area contributed by atoms with Gasteiger partial charge in [-0.2, -0.15) is 0 Å². The zero-order chi connectivity index (χ0) is 21.4. The largest absolute Gasteiger partial charge is 0.506 e. The van der Waals surface area contributed by atoms with Gasteiger partial charge in [-0.3, -0.25) is 9.59 Å². The van der Waals surface area contributed by atoms with Crippen molar-refractivity contribution in [3.8, 4) is 5.75 Å². The Morgan fingerprint density at radius 3 is 1.46 bits per heavy atom. The average molecular weight is 383 g/mol. The Kier molecular flexibility index (Phi) is 8.45. The molecule has 0 spiro atoms. The number of phenols is 1. The number of rotatable bonds is 8. The van der Waals surface area contributed by atoms with Gasteiger partial charge in [-0.15, -0.1) is 0 Å². The smallest absolute Gasteiger partial charge is 0.189 e. The Labute approximate surface area is 168 Å². The lowest BCUT2D eigenvalue weighted by Gasteiger charge is -2.08. The Hall–Kier alpha value is -3.08. The van der Waals surface area contributed by atoms with Crippen LogP contribution in [-0.2, 0) is 0 Å². The molecule has 1 N–H and O–H groups in total. The van der Waals surface area contributed by atoms with Gasteiger partial charge in [0.15, 0.2) is 11.6 Å². The monoisotopic (exact) mass is 382 g/mol. The van der Waals surface area contributed by atoms with E-state index in [0.29, 0.717) is 0 Å². The first-order valence-electron chi connectivity index (χ1n) is 8.99. The number of nitrogens with zero attached hydrogens (tertiary/aromatic N) is 2. The summed E-state index contributed by atoms with van der Waals surface area (Å²) in [7, 11) is 7.58. The summed E-state index contributed by atoms with van der Waals surface area (Å²) in [4.78, 5) is 28.8. The average Bonchev–Trinajstić information content (AvgIpc) is 2.58. The molecule has 0 aromatic heterocycles. The van der Waals surface area contributed by atoms with Gasteiger partial charge in [0.2, 0.25) is 0 Å². The number of benzene rings is 1. The van der Waals surface area contributed by atoms with Crippen LogP contribution in [0.2, 0.25) is 0 Å². The van der Waals surface area contributed by atoms with Crippen LogP contribution in [0.3, 0.4) is 0 Å². The van der Waals surface area contributed by atoms with Crippen LogP contribution in [0.1, 0.15) is 40.1 Å². The molecule has 28 heavy (non-hydrogen) atoms. The van der Waals surface area contributed by atoms with E-state index in [1.807, 2.05) is 64.2 Å². The highest BCUT2D eigenvalue weighted by Gasteiger charge is 2.17. The molecule has 0 radical (unpaired) electrons. The molecule has 0 atom stereocenters. The Balaban J connectivity index is 3.18. The van der Waals surface area contributed by atoms with E-state index < -0.39 is 0 Å². The second-order valence-electron chi connectivity index (χ2n) is 7.28. The normalized spacial score (nSPS) is 12.7. The van der Waals surface area contributed by atoms with Crippen molar-refractivity contribution in [2.45, 2.75) is 20.8 Å². The molecular weight excluding hydrogens is 352 g/mol. The molecule has 0 aliphatic carbocycles. The zero-order valence-corrected chi connectivity index (χ0v) is 17.8. The third-order valence-electron chi connectivity index (χ3n) is 3.70. The van der Waals surface area contributed by atoms with Gasteiger partial charge in [-0.25, -0.2) is 0 Å². The van der Waals surface area contributed by atoms with Crippen molar-refractivity contribution < 1.29 is 14.7 Å². The lowest BCUT2D eigenvalue weighted by atomic mass is 9.98. The standard InChI is InChI=1S/C23H30N2O3/c1-16(14-24(4)5)8-10-21(26)19-12-18(3)13-20(23(19)28)22(27)11-9-17(2)15-25(6)7/h8-15,28H,1-7H3. The van der Waals surface area contributed by atoms with E-state index in [1.54, 1.807) is 31.2 Å². The predicted octanol–water partition coefficient (Wildman–Crippen LogP) is 4.11. The summed E-state index contributed by atoms with van der Waals surface area (Å²) in [6.45, 7) is 5.54. The Morgan fingerprint density at radius 2 is 1.14 bits per heavy atom. The van der Waals surface area contributed by atoms with Crippen molar-refractivity contribution in [2.75, 3.05) is 28.2 Å². The number of ketones is 2. The lowest BCUT2D eigenvalue weighted by Crippen LogP contribution is -2.04. The first-order chi connectivity index (χ1) is 13.0. The third-order valence-corrected chi connectivity index (χ3v) is 3.70. The summed E-state index contributed by atoms with van der Waals surface area (Å²) in [6.07, 6.45) is 9.92. The minimum atomic E-state index is -0.352. The molecule has 0 bridgehead atoms. The van der Waals surface area contributed by atoms with Gasteiger partial charge in [-0.05, 0) is 61.8 Å². The van der Waals surface area contributed by atoms with Gasteiger partial charge in [0, 0.05) is 40.6 Å². The molecule has 0 saturated carbocycles. The highest BCUT2D eigenvalue weighted by molar-refractivity contribution is 6.12. The molecule has 1 rings (SSSR count). The number of hydrogen-bond acceptors (Lipinski definition) is 5. The quantitative estimate of drug-likeness (QED) is 0.416. The summed E-state index contributed by atoms with van der Waals surface area (Å²) in [5, 5.41) is 10.5. The summed E-state index contributed by atoms with van der Waals surface area (Å²) >= 11 is 0. The van der Waals surface area contributed by atoms with Crippen molar-refractivity contribution in [3.63, 3.8) is 0 Å². The number of carbonyl (C=O) groups is 2. The van der Waals surface area contributed by atoms with E-state index in [2.05, 4.69) is 0 Å². The van der Waals surface area contributed by atoms with Gasteiger partial charge in [0.05, 0.1) is 11.1 Å². The topological polar surface area (TPSA) is 60.9 Å². The van der Waals surface area contributed by atoms with E-state index in [-0.39, 0.29) is 28.4 Å². The van der Waals surface area contributed by atoms with Crippen LogP contribution in [0.5, 0.6) is 5.75 Å². The second-order valence-corrected chi connectivity index (χ2v) is 7.28. The zero-order valence-electron chi connectivity index (χ0n) is 17.8. The number of carbonyl (C=O) groups excluding carboxylic acids is 2. The van der Waals surface area contributed by atoms with Crippen LogP contribution in [0, 0.1) is 6.92 Å². The van der Waals surface area contributed by atoms with Crippen molar-refractivity contribution in [3.05, 3.63) is 76.7 Å². The predicted molar refractivity (Wildman–Crippen MR) is 115 cm³/mol. The minimum Gasteiger partial charge on any atom is -0.506 e. The summed E-state index contributed by atoms with van der Waals surface area (Å²) < 4.78 is 0. The van der Waals surface area contributed by atoms with Crippen LogP contribution in [0.15, 0.2) is 60.0 Å². The number of aryl methyl sites for hydroxylation is 1. The fourth-order valence-corrected chi connectivity index (χ4v) is 2.65. The molecule has 5 nitrogen and oxygen atoms in total. The first kappa shape index (κ1) is 23.0. The van der Waals surface area contributed by atoms with E-state index in [4.69, 9.17) is 0 Å². The summed E-state index contributed by atoms with van der Waals surface area (Å²) in [5.74, 6) is -0.998. The van der Waals surface area contributed by atoms with Gasteiger partial charge in [0.25, 0.3) is 0 Å². The number of aromatic hydroxyl groups is 1. The van der Waals surface area contributed by atoms with Crippen molar-refractivity contribution >= 4 is 11.6 Å². The third kappa shape index (κ3) is 7.27. The molecule has 0 heterocycles. The highest BCUT2D eigenvalue weighted by atomic mass is 16.3. The Bertz CT molecular complexity index is 790. The van der Waals surface area contributed by atoms with E-state index >= 15 is 0 Å². The van der Waals surface area contributed by atoms with Crippen molar-refractivity contribution in [1.82, 2.24) is 9.80 Å². The van der Waals surface area contributed by atoms with Gasteiger partial charge in [0.1, 0.15) is 5.75 Å². The summed E-state index contributed by atoms with van der Waals surface area (Å²) in [6, 6.07) is 3.18. The molecular formula is C23H30N2O3. The lowest BCUT2D eigenvalue weighted by molar-refractivity contribution is 0.104.